The number of hydrogen-bond acceptors (Lipinski definition) is 0. The van der Waals surface area contributed by atoms with Crippen molar-refractivity contribution in [2.45, 2.75) is 0 Å². The van der Waals surface area contributed by atoms with Gasteiger partial charge in [-0.05, 0) is 0 Å². The van der Waals surface area contributed by atoms with E-state index in [1.54, 1.807) is 6.07 Å². The molecular formula is C6H2BrClF2Mg. The second-order valence-electron chi connectivity index (χ2n) is 1.49. The summed E-state index contributed by atoms with van der Waals surface area (Å²) in [5, 5.41) is 0.0451. The van der Waals surface area contributed by atoms with Gasteiger partial charge in [0.25, 0.3) is 0 Å². The molecule has 0 bridgehead atoms. The second-order valence-corrected chi connectivity index (χ2v) is 1.93. The Hall–Kier alpha value is 0.616. The molecule has 0 N–H and O–H groups in total. The van der Waals surface area contributed by atoms with E-state index in [1.165, 1.54) is 0 Å². The molecule has 0 saturated carbocycles. The summed E-state index contributed by atoms with van der Waals surface area (Å²) >= 11 is 5.25. The van der Waals surface area contributed by atoms with Crippen LogP contribution in [-0.2, 0) is 0 Å². The first-order chi connectivity index (χ1) is 4.18. The number of benzene rings is 1. The van der Waals surface area contributed by atoms with E-state index in [2.05, 4.69) is 0 Å². The summed E-state index contributed by atoms with van der Waals surface area (Å²) in [6.45, 7) is 0. The molecule has 0 spiro atoms. The summed E-state index contributed by atoms with van der Waals surface area (Å²) in [7, 11) is 0. The van der Waals surface area contributed by atoms with Crippen LogP contribution < -0.4 is 17.0 Å². The van der Waals surface area contributed by atoms with Crippen LogP contribution in [0.1, 0.15) is 0 Å². The molecule has 0 heterocycles. The van der Waals surface area contributed by atoms with Crippen molar-refractivity contribution in [1.82, 2.24) is 0 Å². The summed E-state index contributed by atoms with van der Waals surface area (Å²) in [4.78, 5) is 0. The van der Waals surface area contributed by atoms with E-state index in [9.17, 15) is 8.78 Å². The van der Waals surface area contributed by atoms with Crippen LogP contribution in [0.15, 0.2) is 12.1 Å². The Morgan fingerprint density at radius 1 is 1.18 bits per heavy atom. The Morgan fingerprint density at radius 2 is 1.55 bits per heavy atom. The van der Waals surface area contributed by atoms with E-state index < -0.39 is 11.6 Å². The first-order valence-electron chi connectivity index (χ1n) is 2.22. The fraction of sp³-hybridized carbons (Fsp3) is 0. The fourth-order valence-corrected chi connectivity index (χ4v) is 0.662. The predicted octanol–water partition coefficient (Wildman–Crippen LogP) is -0.958. The zero-order chi connectivity index (χ0) is 6.85. The van der Waals surface area contributed by atoms with Crippen LogP contribution in [0.3, 0.4) is 0 Å². The molecule has 5 heteroatoms. The summed E-state index contributed by atoms with van der Waals surface area (Å²) in [6, 6.07) is 3.77. The van der Waals surface area contributed by atoms with Gasteiger partial charge in [-0.15, -0.1) is 29.8 Å². The van der Waals surface area contributed by atoms with Gasteiger partial charge in [0.2, 0.25) is 0 Å². The Bertz CT molecular complexity index is 181. The van der Waals surface area contributed by atoms with Crippen molar-refractivity contribution in [3.05, 3.63) is 34.9 Å². The Kier molecular flexibility index (Phi) is 7.94. The number of rotatable bonds is 0. The van der Waals surface area contributed by atoms with Crippen molar-refractivity contribution in [2.75, 3.05) is 0 Å². The third-order valence-electron chi connectivity index (χ3n) is 0.768. The Morgan fingerprint density at radius 3 is 1.82 bits per heavy atom. The van der Waals surface area contributed by atoms with Gasteiger partial charge in [-0.1, -0.05) is 5.02 Å². The molecule has 0 unspecified atom stereocenters. The van der Waals surface area contributed by atoms with Crippen LogP contribution in [0, 0.1) is 17.7 Å². The molecule has 11 heavy (non-hydrogen) atoms. The van der Waals surface area contributed by atoms with Crippen molar-refractivity contribution in [1.29, 1.82) is 0 Å². The molecule has 0 nitrogen and oxygen atoms in total. The van der Waals surface area contributed by atoms with Crippen LogP contribution in [-0.4, -0.2) is 23.1 Å². The largest absolute Gasteiger partial charge is 2.00 e. The minimum Gasteiger partial charge on any atom is -1.00 e. The fourth-order valence-electron chi connectivity index (χ4n) is 0.470. The second kappa shape index (κ2) is 6.17. The summed E-state index contributed by atoms with van der Waals surface area (Å²) in [5.41, 5.74) is 0. The van der Waals surface area contributed by atoms with Gasteiger partial charge in [0.05, 0.1) is 0 Å². The van der Waals surface area contributed by atoms with Crippen molar-refractivity contribution in [3.63, 3.8) is 0 Å². The zero-order valence-electron chi connectivity index (χ0n) is 5.37. The van der Waals surface area contributed by atoms with Crippen LogP contribution in [0.5, 0.6) is 0 Å². The minimum atomic E-state index is -0.778. The molecule has 0 aliphatic rings. The van der Waals surface area contributed by atoms with Crippen molar-refractivity contribution < 1.29 is 25.8 Å². The third-order valence-corrected chi connectivity index (χ3v) is 0.986. The van der Waals surface area contributed by atoms with Gasteiger partial charge in [0.1, 0.15) is 0 Å². The summed E-state index contributed by atoms with van der Waals surface area (Å²) in [6.07, 6.45) is 0. The maximum Gasteiger partial charge on any atom is 2.00 e. The SMILES string of the molecule is Fc1[c-]c(F)cc(Cl)c1.[Br-].[Mg+2]. The Balaban J connectivity index is 0. The molecular weight excluding hydrogens is 250 g/mol. The molecule has 1 aromatic rings. The van der Waals surface area contributed by atoms with Gasteiger partial charge in [0.15, 0.2) is 0 Å². The molecule has 0 aromatic heterocycles. The van der Waals surface area contributed by atoms with Crippen molar-refractivity contribution in [2.24, 2.45) is 0 Å². The van der Waals surface area contributed by atoms with Crippen LogP contribution in [0.4, 0.5) is 8.78 Å². The molecule has 0 saturated heterocycles. The van der Waals surface area contributed by atoms with Crippen molar-refractivity contribution >= 4 is 34.7 Å². The average molecular weight is 252 g/mol. The zero-order valence-corrected chi connectivity index (χ0v) is 9.13. The maximum absolute atomic E-state index is 12.0. The van der Waals surface area contributed by atoms with E-state index >= 15 is 0 Å². The molecule has 0 radical (unpaired) electrons. The topological polar surface area (TPSA) is 0 Å². The summed E-state index contributed by atoms with van der Waals surface area (Å²) < 4.78 is 24.1. The van der Waals surface area contributed by atoms with Gasteiger partial charge in [-0.3, -0.25) is 0 Å². The average Bonchev–Trinajstić information content (AvgIpc) is 1.59. The van der Waals surface area contributed by atoms with E-state index in [4.69, 9.17) is 11.6 Å². The predicted molar refractivity (Wildman–Crippen MR) is 36.0 cm³/mol. The van der Waals surface area contributed by atoms with E-state index in [1.807, 2.05) is 0 Å². The molecule has 0 fully saturated rings. The first kappa shape index (κ1) is 14.2. The van der Waals surface area contributed by atoms with Gasteiger partial charge < -0.3 is 17.0 Å². The summed E-state index contributed by atoms with van der Waals surface area (Å²) in [5.74, 6) is -1.56. The van der Waals surface area contributed by atoms with E-state index in [0.29, 0.717) is 0 Å². The van der Waals surface area contributed by atoms with Gasteiger partial charge in [0, 0.05) is 11.6 Å². The molecule has 1 rings (SSSR count). The molecule has 0 aliphatic heterocycles. The van der Waals surface area contributed by atoms with Gasteiger partial charge in [-0.25, -0.2) is 8.78 Å². The quantitative estimate of drug-likeness (QED) is 0.412. The van der Waals surface area contributed by atoms with Crippen LogP contribution in [0.2, 0.25) is 5.02 Å². The van der Waals surface area contributed by atoms with Crippen LogP contribution >= 0.6 is 11.6 Å². The molecule has 56 valence electrons. The number of hydrogen-bond donors (Lipinski definition) is 0. The van der Waals surface area contributed by atoms with Crippen LogP contribution in [0.25, 0.3) is 0 Å². The van der Waals surface area contributed by atoms with E-state index in [-0.39, 0.29) is 45.1 Å². The minimum absolute atomic E-state index is 0. The third kappa shape index (κ3) is 4.95. The number of halogens is 4. The molecule has 0 atom stereocenters. The molecule has 1 aromatic carbocycles. The van der Waals surface area contributed by atoms with E-state index in [0.717, 1.165) is 12.1 Å². The monoisotopic (exact) mass is 250 g/mol. The smallest absolute Gasteiger partial charge is 1.00 e. The van der Waals surface area contributed by atoms with Gasteiger partial charge in [-0.2, -0.15) is 0 Å². The molecule has 0 amide bonds. The Labute approximate surface area is 94.8 Å². The normalized spacial score (nSPS) is 7.91. The first-order valence-corrected chi connectivity index (χ1v) is 2.60. The molecule has 0 aliphatic carbocycles. The standard InChI is InChI=1S/C6H2ClF2.BrH.Mg/c7-4-1-5(8)3-6(9)2-4;;/h1-2H;1H;/q-1;;+2/p-1. The van der Waals surface area contributed by atoms with Gasteiger partial charge >= 0.3 is 23.1 Å². The maximum atomic E-state index is 12.0. The van der Waals surface area contributed by atoms with Crippen molar-refractivity contribution in [3.8, 4) is 0 Å².